The Morgan fingerprint density at radius 1 is 1.44 bits per heavy atom. The molecule has 2 atom stereocenters. The van der Waals surface area contributed by atoms with Crippen LogP contribution >= 0.6 is 11.6 Å². The summed E-state index contributed by atoms with van der Waals surface area (Å²) in [6, 6.07) is 7.75. The van der Waals surface area contributed by atoms with Gasteiger partial charge in [0.05, 0.1) is 5.92 Å². The van der Waals surface area contributed by atoms with E-state index in [1.807, 2.05) is 12.1 Å². The molecule has 0 radical (unpaired) electrons. The summed E-state index contributed by atoms with van der Waals surface area (Å²) in [5.41, 5.74) is 0.967. The zero-order valence-corrected chi connectivity index (χ0v) is 11.2. The van der Waals surface area contributed by atoms with Gasteiger partial charge in [0.1, 0.15) is 6.61 Å². The number of esters is 1. The lowest BCUT2D eigenvalue weighted by atomic mass is 9.93. The molecule has 0 amide bonds. The van der Waals surface area contributed by atoms with Gasteiger partial charge in [-0.05, 0) is 44.0 Å². The van der Waals surface area contributed by atoms with Crippen molar-refractivity contribution in [3.63, 3.8) is 0 Å². The maximum Gasteiger partial charge on any atom is 0.309 e. The molecule has 18 heavy (non-hydrogen) atoms. The summed E-state index contributed by atoms with van der Waals surface area (Å²) in [5, 5.41) is 4.02. The van der Waals surface area contributed by atoms with E-state index in [-0.39, 0.29) is 11.9 Å². The van der Waals surface area contributed by atoms with E-state index in [0.29, 0.717) is 17.7 Å². The minimum Gasteiger partial charge on any atom is -0.461 e. The number of piperidine rings is 1. The van der Waals surface area contributed by atoms with E-state index in [0.717, 1.165) is 24.9 Å². The summed E-state index contributed by atoms with van der Waals surface area (Å²) in [5.74, 6) is -0.0492. The third-order valence-corrected chi connectivity index (χ3v) is 3.50. The van der Waals surface area contributed by atoms with Gasteiger partial charge in [0.25, 0.3) is 0 Å². The molecule has 2 unspecified atom stereocenters. The van der Waals surface area contributed by atoms with Crippen molar-refractivity contribution in [1.29, 1.82) is 0 Å². The van der Waals surface area contributed by atoms with Gasteiger partial charge in [-0.25, -0.2) is 0 Å². The van der Waals surface area contributed by atoms with E-state index in [1.54, 1.807) is 12.1 Å². The number of ether oxygens (including phenoxy) is 1. The Morgan fingerprint density at radius 3 is 2.83 bits per heavy atom. The van der Waals surface area contributed by atoms with E-state index < -0.39 is 0 Å². The Morgan fingerprint density at radius 2 is 2.17 bits per heavy atom. The first kappa shape index (κ1) is 13.4. The maximum absolute atomic E-state index is 11.9. The van der Waals surface area contributed by atoms with Crippen molar-refractivity contribution in [3.05, 3.63) is 34.9 Å². The fraction of sp³-hybridized carbons (Fsp3) is 0.500. The Bertz CT molecular complexity index is 405. The van der Waals surface area contributed by atoms with Crippen molar-refractivity contribution >= 4 is 17.6 Å². The molecule has 0 bridgehead atoms. The molecule has 1 aromatic rings. The number of rotatable bonds is 3. The molecule has 1 aliphatic heterocycles. The Balaban J connectivity index is 1.82. The molecule has 1 aromatic carbocycles. The minimum atomic E-state index is -0.0849. The van der Waals surface area contributed by atoms with Crippen molar-refractivity contribution in [2.24, 2.45) is 5.92 Å². The van der Waals surface area contributed by atoms with Crippen molar-refractivity contribution < 1.29 is 9.53 Å². The first-order chi connectivity index (χ1) is 8.65. The van der Waals surface area contributed by atoms with Crippen molar-refractivity contribution in [3.8, 4) is 0 Å². The molecular weight excluding hydrogens is 250 g/mol. The molecule has 0 spiro atoms. The van der Waals surface area contributed by atoms with E-state index in [9.17, 15) is 4.79 Å². The van der Waals surface area contributed by atoms with Crippen LogP contribution in [0.4, 0.5) is 0 Å². The van der Waals surface area contributed by atoms with Crippen LogP contribution in [0.5, 0.6) is 0 Å². The highest BCUT2D eigenvalue weighted by Crippen LogP contribution is 2.18. The number of carbonyl (C=O) groups excluding carboxylic acids is 1. The fourth-order valence-electron chi connectivity index (χ4n) is 2.20. The lowest BCUT2D eigenvalue weighted by molar-refractivity contribution is -0.151. The van der Waals surface area contributed by atoms with Crippen LogP contribution in [-0.2, 0) is 16.1 Å². The minimum absolute atomic E-state index is 0.0357. The number of nitrogens with one attached hydrogen (secondary N) is 1. The number of hydrogen-bond acceptors (Lipinski definition) is 3. The van der Waals surface area contributed by atoms with Crippen LogP contribution in [0.2, 0.25) is 5.02 Å². The number of hydrogen-bond donors (Lipinski definition) is 1. The standard InChI is InChI=1S/C14H18ClNO2/c1-10-8-12(6-7-16-10)14(17)18-9-11-2-4-13(15)5-3-11/h2-5,10,12,16H,6-9H2,1H3. The molecule has 0 aromatic heterocycles. The van der Waals surface area contributed by atoms with Gasteiger partial charge in [-0.15, -0.1) is 0 Å². The lowest BCUT2D eigenvalue weighted by Crippen LogP contribution is -2.39. The monoisotopic (exact) mass is 267 g/mol. The normalized spacial score (nSPS) is 23.7. The summed E-state index contributed by atoms with van der Waals surface area (Å²) in [7, 11) is 0. The van der Waals surface area contributed by atoms with Crippen LogP contribution in [0.15, 0.2) is 24.3 Å². The average molecular weight is 268 g/mol. The molecule has 1 aliphatic rings. The summed E-state index contributed by atoms with van der Waals surface area (Å²) in [6.45, 7) is 3.31. The largest absolute Gasteiger partial charge is 0.461 e. The summed E-state index contributed by atoms with van der Waals surface area (Å²) >= 11 is 5.80. The smallest absolute Gasteiger partial charge is 0.309 e. The average Bonchev–Trinajstić information content (AvgIpc) is 2.38. The zero-order chi connectivity index (χ0) is 13.0. The molecule has 0 aliphatic carbocycles. The van der Waals surface area contributed by atoms with E-state index in [1.165, 1.54) is 0 Å². The van der Waals surface area contributed by atoms with Crippen LogP contribution in [0.3, 0.4) is 0 Å². The molecular formula is C14H18ClNO2. The third kappa shape index (κ3) is 3.72. The molecule has 4 heteroatoms. The van der Waals surface area contributed by atoms with Crippen LogP contribution in [0.25, 0.3) is 0 Å². The predicted molar refractivity (Wildman–Crippen MR) is 71.4 cm³/mol. The number of halogens is 1. The van der Waals surface area contributed by atoms with Gasteiger partial charge in [0.15, 0.2) is 0 Å². The van der Waals surface area contributed by atoms with Gasteiger partial charge in [-0.2, -0.15) is 0 Å². The fourth-order valence-corrected chi connectivity index (χ4v) is 2.32. The highest BCUT2D eigenvalue weighted by atomic mass is 35.5. The second-order valence-electron chi connectivity index (χ2n) is 4.81. The molecule has 1 fully saturated rings. The van der Waals surface area contributed by atoms with Gasteiger partial charge in [0.2, 0.25) is 0 Å². The number of carbonyl (C=O) groups is 1. The van der Waals surface area contributed by atoms with E-state index in [4.69, 9.17) is 16.3 Å². The first-order valence-electron chi connectivity index (χ1n) is 6.29. The third-order valence-electron chi connectivity index (χ3n) is 3.25. The van der Waals surface area contributed by atoms with Crippen LogP contribution < -0.4 is 5.32 Å². The van der Waals surface area contributed by atoms with Gasteiger partial charge >= 0.3 is 5.97 Å². The van der Waals surface area contributed by atoms with Crippen LogP contribution in [-0.4, -0.2) is 18.6 Å². The van der Waals surface area contributed by atoms with Gasteiger partial charge in [0, 0.05) is 11.1 Å². The van der Waals surface area contributed by atoms with Crippen molar-refractivity contribution in [1.82, 2.24) is 5.32 Å². The lowest BCUT2D eigenvalue weighted by Gasteiger charge is -2.26. The predicted octanol–water partition coefficient (Wildman–Crippen LogP) is 2.77. The molecule has 2 rings (SSSR count). The first-order valence-corrected chi connectivity index (χ1v) is 6.67. The molecule has 1 saturated heterocycles. The molecule has 1 heterocycles. The van der Waals surface area contributed by atoms with Gasteiger partial charge < -0.3 is 10.1 Å². The van der Waals surface area contributed by atoms with Crippen molar-refractivity contribution in [2.45, 2.75) is 32.4 Å². The second-order valence-corrected chi connectivity index (χ2v) is 5.25. The summed E-state index contributed by atoms with van der Waals surface area (Å²) < 4.78 is 5.35. The van der Waals surface area contributed by atoms with Crippen LogP contribution in [0.1, 0.15) is 25.3 Å². The Kier molecular flexibility index (Phi) is 4.61. The molecule has 0 saturated carbocycles. The Hall–Kier alpha value is -1.06. The highest BCUT2D eigenvalue weighted by Gasteiger charge is 2.25. The quantitative estimate of drug-likeness (QED) is 0.856. The molecule has 3 nitrogen and oxygen atoms in total. The molecule has 1 N–H and O–H groups in total. The summed E-state index contributed by atoms with van der Waals surface area (Å²) in [4.78, 5) is 11.9. The van der Waals surface area contributed by atoms with E-state index >= 15 is 0 Å². The van der Waals surface area contributed by atoms with Crippen molar-refractivity contribution in [2.75, 3.05) is 6.54 Å². The topological polar surface area (TPSA) is 38.3 Å². The second kappa shape index (κ2) is 6.21. The van der Waals surface area contributed by atoms with Gasteiger partial charge in [-0.3, -0.25) is 4.79 Å². The molecule has 98 valence electrons. The zero-order valence-electron chi connectivity index (χ0n) is 10.5. The number of benzene rings is 1. The Labute approximate surface area is 112 Å². The SMILES string of the molecule is CC1CC(C(=O)OCc2ccc(Cl)cc2)CCN1. The maximum atomic E-state index is 11.9. The van der Waals surface area contributed by atoms with E-state index in [2.05, 4.69) is 12.2 Å². The summed E-state index contributed by atoms with van der Waals surface area (Å²) in [6.07, 6.45) is 1.73. The highest BCUT2D eigenvalue weighted by molar-refractivity contribution is 6.30. The van der Waals surface area contributed by atoms with Gasteiger partial charge in [-0.1, -0.05) is 23.7 Å². The van der Waals surface area contributed by atoms with Crippen LogP contribution in [0, 0.1) is 5.92 Å².